The Morgan fingerprint density at radius 2 is 1.86 bits per heavy atom. The van der Waals surface area contributed by atoms with Gasteiger partial charge < -0.3 is 10.1 Å². The van der Waals surface area contributed by atoms with E-state index in [9.17, 15) is 13.6 Å². The molecule has 1 N–H and O–H groups in total. The number of halogens is 2. The summed E-state index contributed by atoms with van der Waals surface area (Å²) in [5.74, 6) is 0.570. The average molecular weight is 398 g/mol. The molecule has 2 aliphatic rings. The molecule has 2 fully saturated rings. The van der Waals surface area contributed by atoms with Crippen LogP contribution in [0.3, 0.4) is 0 Å². The molecule has 0 spiro atoms. The Labute approximate surface area is 165 Å². The Balaban J connectivity index is 1.50. The molecule has 29 heavy (non-hydrogen) atoms. The van der Waals surface area contributed by atoms with Crippen molar-refractivity contribution in [2.45, 2.75) is 44.1 Å². The molecule has 0 radical (unpaired) electrons. The predicted octanol–water partition coefficient (Wildman–Crippen LogP) is 4.58. The van der Waals surface area contributed by atoms with Gasteiger partial charge in [0, 0.05) is 30.3 Å². The molecular formula is C21H20F2N4O2. The third kappa shape index (κ3) is 3.54. The number of hydrogen-bond donors (Lipinski definition) is 1. The van der Waals surface area contributed by atoms with Crippen molar-refractivity contribution in [3.63, 3.8) is 0 Å². The molecule has 0 atom stereocenters. The number of carbonyl (C=O) groups excluding carboxylic acids is 1. The minimum absolute atomic E-state index is 0.0450. The molecule has 6 nitrogen and oxygen atoms in total. The third-order valence-electron chi connectivity index (χ3n) is 5.38. The smallest absolute Gasteiger partial charge is 0.387 e. The highest BCUT2D eigenvalue weighted by Crippen LogP contribution is 2.45. The molecule has 5 rings (SSSR count). The third-order valence-corrected chi connectivity index (χ3v) is 5.38. The highest BCUT2D eigenvalue weighted by molar-refractivity contribution is 6.13. The van der Waals surface area contributed by atoms with E-state index in [1.54, 1.807) is 16.8 Å². The van der Waals surface area contributed by atoms with Crippen LogP contribution < -0.4 is 10.1 Å². The van der Waals surface area contributed by atoms with E-state index < -0.39 is 6.61 Å². The Hall–Kier alpha value is -3.03. The van der Waals surface area contributed by atoms with Gasteiger partial charge in [-0.15, -0.1) is 0 Å². The number of nitrogens with zero attached hydrogens (tertiary/aromatic N) is 3. The Morgan fingerprint density at radius 3 is 2.48 bits per heavy atom. The number of hydrogen-bond acceptors (Lipinski definition) is 4. The van der Waals surface area contributed by atoms with Gasteiger partial charge in [0.05, 0.1) is 16.6 Å². The molecule has 2 aliphatic carbocycles. The standard InChI is InChI=1S/C21H20F2N4O2/c1-27-19-17(18(26-27)12-4-5-12)15(10-16(25-19)11-2-3-11)20(28)24-13-6-8-14(9-7-13)29-21(22)23/h6-12,21H,2-5H2,1H3,(H,24,28). The monoisotopic (exact) mass is 398 g/mol. The fraction of sp³-hybridized carbons (Fsp3) is 0.381. The average Bonchev–Trinajstić information content (AvgIpc) is 3.60. The number of ether oxygens (including phenoxy) is 1. The van der Waals surface area contributed by atoms with Crippen LogP contribution in [-0.4, -0.2) is 27.3 Å². The van der Waals surface area contributed by atoms with E-state index in [1.807, 2.05) is 13.1 Å². The lowest BCUT2D eigenvalue weighted by Crippen LogP contribution is -2.14. The lowest BCUT2D eigenvalue weighted by atomic mass is 10.0. The molecule has 1 amide bonds. The summed E-state index contributed by atoms with van der Waals surface area (Å²) in [6.45, 7) is -2.88. The first-order valence-electron chi connectivity index (χ1n) is 9.73. The van der Waals surface area contributed by atoms with Crippen LogP contribution in [0.25, 0.3) is 11.0 Å². The number of alkyl halides is 2. The first-order valence-corrected chi connectivity index (χ1v) is 9.73. The summed E-state index contributed by atoms with van der Waals surface area (Å²) in [5.41, 5.74) is 3.67. The molecule has 150 valence electrons. The van der Waals surface area contributed by atoms with E-state index in [-0.39, 0.29) is 11.7 Å². The number of aromatic nitrogens is 3. The molecule has 3 aromatic rings. The van der Waals surface area contributed by atoms with Crippen LogP contribution in [0.4, 0.5) is 14.5 Å². The summed E-state index contributed by atoms with van der Waals surface area (Å²) in [5, 5.41) is 8.33. The van der Waals surface area contributed by atoms with Crippen molar-refractivity contribution in [1.29, 1.82) is 0 Å². The van der Waals surface area contributed by atoms with E-state index in [2.05, 4.69) is 15.2 Å². The largest absolute Gasteiger partial charge is 0.435 e. The number of benzene rings is 1. The first-order chi connectivity index (χ1) is 14.0. The fourth-order valence-electron chi connectivity index (χ4n) is 3.62. The van der Waals surface area contributed by atoms with E-state index in [0.29, 0.717) is 23.1 Å². The molecule has 0 unspecified atom stereocenters. The maximum atomic E-state index is 13.2. The molecule has 2 saturated carbocycles. The number of pyridine rings is 1. The molecule has 2 aromatic heterocycles. The predicted molar refractivity (Wildman–Crippen MR) is 103 cm³/mol. The van der Waals surface area contributed by atoms with Gasteiger partial charge in [-0.05, 0) is 56.0 Å². The summed E-state index contributed by atoms with van der Waals surface area (Å²) in [6, 6.07) is 7.78. The summed E-state index contributed by atoms with van der Waals surface area (Å²) < 4.78 is 30.7. The van der Waals surface area contributed by atoms with Crippen molar-refractivity contribution in [3.05, 3.63) is 47.3 Å². The number of rotatable bonds is 6. The normalized spacial score (nSPS) is 16.4. The Morgan fingerprint density at radius 1 is 1.17 bits per heavy atom. The van der Waals surface area contributed by atoms with Gasteiger partial charge in [0.2, 0.25) is 0 Å². The fourth-order valence-corrected chi connectivity index (χ4v) is 3.62. The van der Waals surface area contributed by atoms with Gasteiger partial charge in [-0.1, -0.05) is 0 Å². The van der Waals surface area contributed by atoms with Gasteiger partial charge in [0.15, 0.2) is 5.65 Å². The van der Waals surface area contributed by atoms with Crippen LogP contribution in [0.1, 0.15) is 59.3 Å². The van der Waals surface area contributed by atoms with Crippen molar-refractivity contribution >= 4 is 22.6 Å². The summed E-state index contributed by atoms with van der Waals surface area (Å²) in [4.78, 5) is 18.0. The minimum atomic E-state index is -2.88. The van der Waals surface area contributed by atoms with Crippen molar-refractivity contribution in [2.24, 2.45) is 7.05 Å². The Kier molecular flexibility index (Phi) is 4.22. The molecule has 1 aromatic carbocycles. The van der Waals surface area contributed by atoms with E-state index in [4.69, 9.17) is 4.98 Å². The van der Waals surface area contributed by atoms with Gasteiger partial charge in [-0.25, -0.2) is 4.98 Å². The van der Waals surface area contributed by atoms with Gasteiger partial charge in [0.1, 0.15) is 5.75 Å². The lowest BCUT2D eigenvalue weighted by molar-refractivity contribution is -0.0498. The van der Waals surface area contributed by atoms with Crippen LogP contribution in [0.2, 0.25) is 0 Å². The van der Waals surface area contributed by atoms with Crippen LogP contribution in [0.15, 0.2) is 30.3 Å². The number of aryl methyl sites for hydroxylation is 1. The van der Waals surface area contributed by atoms with Crippen molar-refractivity contribution in [2.75, 3.05) is 5.32 Å². The number of nitrogens with one attached hydrogen (secondary N) is 1. The second kappa shape index (κ2) is 6.79. The SMILES string of the molecule is Cn1nc(C2CC2)c2c(C(=O)Nc3ccc(OC(F)F)cc3)cc(C3CC3)nc21. The molecule has 2 heterocycles. The second-order valence-corrected chi connectivity index (χ2v) is 7.71. The molecule has 0 bridgehead atoms. The zero-order chi connectivity index (χ0) is 20.1. The summed E-state index contributed by atoms with van der Waals surface area (Å²) >= 11 is 0. The zero-order valence-electron chi connectivity index (χ0n) is 15.9. The number of carbonyl (C=O) groups is 1. The summed E-state index contributed by atoms with van der Waals surface area (Å²) in [7, 11) is 1.86. The minimum Gasteiger partial charge on any atom is -0.435 e. The van der Waals surface area contributed by atoms with Gasteiger partial charge >= 0.3 is 6.61 Å². The number of amides is 1. The van der Waals surface area contributed by atoms with Crippen LogP contribution in [0.5, 0.6) is 5.75 Å². The van der Waals surface area contributed by atoms with Crippen molar-refractivity contribution in [1.82, 2.24) is 14.8 Å². The maximum Gasteiger partial charge on any atom is 0.387 e. The second-order valence-electron chi connectivity index (χ2n) is 7.71. The van der Waals surface area contributed by atoms with Gasteiger partial charge in [-0.2, -0.15) is 13.9 Å². The van der Waals surface area contributed by atoms with E-state index >= 15 is 0 Å². The van der Waals surface area contributed by atoms with Crippen LogP contribution in [0, 0.1) is 0 Å². The molecular weight excluding hydrogens is 378 g/mol. The van der Waals surface area contributed by atoms with E-state index in [0.717, 1.165) is 48.1 Å². The number of anilines is 1. The molecule has 8 heteroatoms. The summed E-state index contributed by atoms with van der Waals surface area (Å²) in [6.07, 6.45) is 4.31. The quantitative estimate of drug-likeness (QED) is 0.660. The topological polar surface area (TPSA) is 69.0 Å². The van der Waals surface area contributed by atoms with Crippen molar-refractivity contribution in [3.8, 4) is 5.75 Å². The van der Waals surface area contributed by atoms with E-state index in [1.165, 1.54) is 12.1 Å². The maximum absolute atomic E-state index is 13.2. The highest BCUT2D eigenvalue weighted by Gasteiger charge is 2.33. The van der Waals surface area contributed by atoms with Gasteiger partial charge in [-0.3, -0.25) is 9.48 Å². The Bertz CT molecular complexity index is 1090. The highest BCUT2D eigenvalue weighted by atomic mass is 19.3. The first kappa shape index (κ1) is 18.0. The van der Waals surface area contributed by atoms with Gasteiger partial charge in [0.25, 0.3) is 5.91 Å². The van der Waals surface area contributed by atoms with Crippen molar-refractivity contribution < 1.29 is 18.3 Å². The lowest BCUT2D eigenvalue weighted by Gasteiger charge is -2.10. The molecule has 0 saturated heterocycles. The zero-order valence-corrected chi connectivity index (χ0v) is 15.9. The van der Waals surface area contributed by atoms with Crippen LogP contribution >= 0.6 is 0 Å². The number of fused-ring (bicyclic) bond motifs is 1. The molecule has 0 aliphatic heterocycles. The van der Waals surface area contributed by atoms with Crippen LogP contribution in [-0.2, 0) is 7.05 Å².